The zero-order valence-electron chi connectivity index (χ0n) is 17.2. The van der Waals surface area contributed by atoms with Crippen molar-refractivity contribution in [1.29, 1.82) is 0 Å². The number of halogens is 3. The second kappa shape index (κ2) is 8.54. The Labute approximate surface area is 176 Å². The summed E-state index contributed by atoms with van der Waals surface area (Å²) < 4.78 is 40.7. The molecule has 1 unspecified atom stereocenters. The predicted molar refractivity (Wildman–Crippen MR) is 113 cm³/mol. The quantitative estimate of drug-likeness (QED) is 0.644. The number of nitrogens with zero attached hydrogens (tertiary/aromatic N) is 4. The highest BCUT2D eigenvalue weighted by Crippen LogP contribution is 2.30. The van der Waals surface area contributed by atoms with Gasteiger partial charge in [0.1, 0.15) is 11.6 Å². The minimum Gasteiger partial charge on any atom is -0.361 e. The summed E-state index contributed by atoms with van der Waals surface area (Å²) in [5.74, 6) is 0.0855. The fraction of sp³-hybridized carbons (Fsp3) is 0.381. The molecule has 0 saturated carbocycles. The minimum atomic E-state index is -2.91. The van der Waals surface area contributed by atoms with Crippen LogP contribution < -0.4 is 15.8 Å². The summed E-state index contributed by atoms with van der Waals surface area (Å²) in [6, 6.07) is 5.03. The number of H-pyrrole nitrogens is 1. The van der Waals surface area contributed by atoms with Gasteiger partial charge in [-0.2, -0.15) is 5.10 Å². The van der Waals surface area contributed by atoms with E-state index in [0.29, 0.717) is 16.6 Å². The highest BCUT2D eigenvalue weighted by atomic mass is 19.3. The summed E-state index contributed by atoms with van der Waals surface area (Å²) in [6.45, 7) is 5.05. The van der Waals surface area contributed by atoms with Crippen molar-refractivity contribution in [2.24, 2.45) is 0 Å². The van der Waals surface area contributed by atoms with Crippen molar-refractivity contribution in [3.05, 3.63) is 57.8 Å². The van der Waals surface area contributed by atoms with Gasteiger partial charge in [0, 0.05) is 43.3 Å². The van der Waals surface area contributed by atoms with Crippen LogP contribution in [-0.2, 0) is 0 Å². The Morgan fingerprint density at radius 1 is 1.13 bits per heavy atom. The van der Waals surface area contributed by atoms with Crippen LogP contribution in [0.15, 0.2) is 35.3 Å². The average molecular weight is 432 g/mol. The van der Waals surface area contributed by atoms with Crippen LogP contribution in [0.4, 0.5) is 24.8 Å². The first-order chi connectivity index (χ1) is 14.8. The molecule has 0 bridgehead atoms. The number of alkyl halides is 2. The van der Waals surface area contributed by atoms with Gasteiger partial charge in [-0.1, -0.05) is 18.2 Å². The summed E-state index contributed by atoms with van der Waals surface area (Å²) in [4.78, 5) is 21.0. The van der Waals surface area contributed by atoms with Gasteiger partial charge in [0.2, 0.25) is 0 Å². The highest BCUT2D eigenvalue weighted by molar-refractivity contribution is 5.92. The largest absolute Gasteiger partial charge is 0.361 e. The van der Waals surface area contributed by atoms with E-state index in [2.05, 4.69) is 37.3 Å². The number of hydrogen-bond donors (Lipinski definition) is 2. The maximum Gasteiger partial charge on any atom is 0.273 e. The molecule has 7 nitrogen and oxygen atoms in total. The topological polar surface area (TPSA) is 77.1 Å². The maximum absolute atomic E-state index is 14.6. The van der Waals surface area contributed by atoms with Crippen LogP contribution in [0.25, 0.3) is 10.8 Å². The van der Waals surface area contributed by atoms with E-state index in [1.54, 1.807) is 13.0 Å². The Kier molecular flexibility index (Phi) is 5.81. The number of piperazine rings is 1. The zero-order valence-corrected chi connectivity index (χ0v) is 17.2. The van der Waals surface area contributed by atoms with E-state index < -0.39 is 29.4 Å². The summed E-state index contributed by atoms with van der Waals surface area (Å²) in [5, 5.41) is 10.4. The molecular weight excluding hydrogens is 409 g/mol. The molecule has 1 fully saturated rings. The molecule has 2 N–H and O–H groups in total. The molecular formula is C21H23F3N6O. The molecule has 164 valence electrons. The first-order valence-corrected chi connectivity index (χ1v) is 10.00. The maximum atomic E-state index is 14.6. The van der Waals surface area contributed by atoms with Gasteiger partial charge < -0.3 is 15.1 Å². The molecule has 0 radical (unpaired) electrons. The van der Waals surface area contributed by atoms with Gasteiger partial charge >= 0.3 is 0 Å². The van der Waals surface area contributed by atoms with Crippen molar-refractivity contribution in [2.45, 2.75) is 19.4 Å². The van der Waals surface area contributed by atoms with Crippen molar-refractivity contribution in [3.63, 3.8) is 0 Å². The summed E-state index contributed by atoms with van der Waals surface area (Å²) in [7, 11) is 2.06. The van der Waals surface area contributed by atoms with Crippen LogP contribution in [0.2, 0.25) is 0 Å². The molecule has 1 aliphatic rings. The fourth-order valence-corrected chi connectivity index (χ4v) is 3.72. The van der Waals surface area contributed by atoms with Crippen molar-refractivity contribution in [2.75, 3.05) is 43.4 Å². The van der Waals surface area contributed by atoms with E-state index >= 15 is 0 Å². The average Bonchev–Trinajstić information content (AvgIpc) is 2.76. The number of hydrogen-bond acceptors (Lipinski definition) is 6. The zero-order chi connectivity index (χ0) is 22.1. The SMILES string of the molecule is CC(Nc1n[nH]c(=O)c2cnc(N3CCN(C)CC3)cc12)c1cccc(C(F)F)c1F. The molecule has 0 aliphatic carbocycles. The number of anilines is 2. The summed E-state index contributed by atoms with van der Waals surface area (Å²) >= 11 is 0. The van der Waals surface area contributed by atoms with E-state index in [1.807, 2.05) is 0 Å². The van der Waals surface area contributed by atoms with Gasteiger partial charge in [-0.15, -0.1) is 0 Å². The third kappa shape index (κ3) is 4.20. The lowest BCUT2D eigenvalue weighted by Crippen LogP contribution is -2.44. The van der Waals surface area contributed by atoms with Crippen molar-refractivity contribution >= 4 is 22.4 Å². The van der Waals surface area contributed by atoms with E-state index in [-0.39, 0.29) is 5.56 Å². The van der Waals surface area contributed by atoms with E-state index in [0.717, 1.165) is 38.1 Å². The number of rotatable bonds is 5. The molecule has 31 heavy (non-hydrogen) atoms. The molecule has 1 atom stereocenters. The van der Waals surface area contributed by atoms with Gasteiger partial charge in [-0.25, -0.2) is 23.3 Å². The molecule has 1 aromatic carbocycles. The number of nitrogens with one attached hydrogen (secondary N) is 2. The molecule has 3 aromatic rings. The van der Waals surface area contributed by atoms with E-state index in [4.69, 9.17) is 0 Å². The van der Waals surface area contributed by atoms with Crippen LogP contribution in [0.3, 0.4) is 0 Å². The van der Waals surface area contributed by atoms with E-state index in [9.17, 15) is 18.0 Å². The second-order valence-corrected chi connectivity index (χ2v) is 7.70. The lowest BCUT2D eigenvalue weighted by atomic mass is 10.0. The van der Waals surface area contributed by atoms with Crippen LogP contribution in [0.1, 0.15) is 30.5 Å². The number of aromatic amines is 1. The van der Waals surface area contributed by atoms with Gasteiger partial charge in [-0.3, -0.25) is 4.79 Å². The number of pyridine rings is 1. The molecule has 4 rings (SSSR count). The van der Waals surface area contributed by atoms with Crippen molar-refractivity contribution in [3.8, 4) is 0 Å². The Hall–Kier alpha value is -3.14. The van der Waals surface area contributed by atoms with E-state index in [1.165, 1.54) is 18.3 Å². The van der Waals surface area contributed by atoms with Crippen molar-refractivity contribution in [1.82, 2.24) is 20.1 Å². The predicted octanol–water partition coefficient (Wildman–Crippen LogP) is 3.32. The Morgan fingerprint density at radius 2 is 1.84 bits per heavy atom. The van der Waals surface area contributed by atoms with Crippen LogP contribution >= 0.6 is 0 Å². The number of fused-ring (bicyclic) bond motifs is 1. The summed E-state index contributed by atoms with van der Waals surface area (Å²) in [6.07, 6.45) is -1.41. The fourth-order valence-electron chi connectivity index (χ4n) is 3.72. The van der Waals surface area contributed by atoms with Gasteiger partial charge in [0.05, 0.1) is 17.0 Å². The Balaban J connectivity index is 1.69. The van der Waals surface area contributed by atoms with Gasteiger partial charge in [-0.05, 0) is 20.0 Å². The number of likely N-dealkylation sites (N-methyl/N-ethyl adjacent to an activating group) is 1. The lowest BCUT2D eigenvalue weighted by Gasteiger charge is -2.33. The first-order valence-electron chi connectivity index (χ1n) is 10.00. The normalized spacial score (nSPS) is 16.1. The third-order valence-corrected chi connectivity index (χ3v) is 5.60. The number of benzene rings is 1. The summed E-state index contributed by atoms with van der Waals surface area (Å²) in [5.41, 5.74) is -0.948. The van der Waals surface area contributed by atoms with Gasteiger partial charge in [0.15, 0.2) is 5.82 Å². The molecule has 3 heterocycles. The highest BCUT2D eigenvalue weighted by Gasteiger charge is 2.21. The Bertz CT molecular complexity index is 1140. The standard InChI is InChI=1S/C21H23F3N6O/c1-12(13-4-3-5-14(18(13)22)19(23)24)26-20-15-10-17(30-8-6-29(2)7-9-30)25-11-16(15)21(31)28-27-20/h3-5,10-12,19H,6-9H2,1-2H3,(H,26,27)(H,28,31). The van der Waals surface area contributed by atoms with Crippen LogP contribution in [-0.4, -0.2) is 53.3 Å². The molecule has 1 aliphatic heterocycles. The lowest BCUT2D eigenvalue weighted by molar-refractivity contribution is 0.146. The smallest absolute Gasteiger partial charge is 0.273 e. The third-order valence-electron chi connectivity index (χ3n) is 5.60. The van der Waals surface area contributed by atoms with Crippen LogP contribution in [0, 0.1) is 5.82 Å². The number of aromatic nitrogens is 3. The molecule has 1 saturated heterocycles. The Morgan fingerprint density at radius 3 is 2.55 bits per heavy atom. The first kappa shape index (κ1) is 21.1. The van der Waals surface area contributed by atoms with Crippen molar-refractivity contribution < 1.29 is 13.2 Å². The van der Waals surface area contributed by atoms with Crippen LogP contribution in [0.5, 0.6) is 0 Å². The molecule has 0 spiro atoms. The molecule has 10 heteroatoms. The second-order valence-electron chi connectivity index (χ2n) is 7.70. The van der Waals surface area contributed by atoms with Gasteiger partial charge in [0.25, 0.3) is 12.0 Å². The minimum absolute atomic E-state index is 0.0901. The molecule has 0 amide bonds. The molecule has 2 aromatic heterocycles. The monoisotopic (exact) mass is 432 g/mol.